The maximum absolute atomic E-state index is 10.4. The van der Waals surface area contributed by atoms with Crippen LogP contribution in [-0.2, 0) is 12.8 Å². The van der Waals surface area contributed by atoms with Gasteiger partial charge in [0.1, 0.15) is 6.10 Å². The summed E-state index contributed by atoms with van der Waals surface area (Å²) in [5.41, 5.74) is 3.14. The first-order valence-electron chi connectivity index (χ1n) is 5.48. The van der Waals surface area contributed by atoms with Crippen LogP contribution in [0, 0.1) is 6.92 Å². The van der Waals surface area contributed by atoms with Crippen LogP contribution in [0.15, 0.2) is 24.3 Å². The van der Waals surface area contributed by atoms with E-state index < -0.39 is 6.10 Å². The van der Waals surface area contributed by atoms with E-state index in [1.807, 2.05) is 25.1 Å². The zero-order chi connectivity index (χ0) is 11.1. The van der Waals surface area contributed by atoms with E-state index in [1.54, 1.807) is 11.3 Å². The Kier molecular flexibility index (Phi) is 2.30. The fourth-order valence-corrected chi connectivity index (χ4v) is 3.27. The van der Waals surface area contributed by atoms with E-state index >= 15 is 0 Å². The maximum Gasteiger partial charge on any atom is 0.122 e. The summed E-state index contributed by atoms with van der Waals surface area (Å²) in [6, 6.07) is 8.11. The number of aryl methyl sites for hydroxylation is 3. The van der Waals surface area contributed by atoms with Crippen LogP contribution in [0.25, 0.3) is 0 Å². The van der Waals surface area contributed by atoms with Crippen molar-refractivity contribution in [3.63, 3.8) is 0 Å². The second-order valence-corrected chi connectivity index (χ2v) is 5.43. The summed E-state index contributed by atoms with van der Waals surface area (Å²) in [6.07, 6.45) is 1.45. The molecule has 3 rings (SSSR count). The lowest BCUT2D eigenvalue weighted by molar-refractivity contribution is 0.215. The molecule has 82 valence electrons. The van der Waals surface area contributed by atoms with Crippen molar-refractivity contribution in [2.75, 3.05) is 0 Å². The molecule has 2 aromatic rings. The van der Waals surface area contributed by atoms with Crippen LogP contribution in [0.3, 0.4) is 0 Å². The summed E-state index contributed by atoms with van der Waals surface area (Å²) in [5.74, 6) is 0. The summed E-state index contributed by atoms with van der Waals surface area (Å²) in [4.78, 5) is 5.70. The molecule has 0 amide bonds. The predicted molar refractivity (Wildman–Crippen MR) is 64.8 cm³/mol. The molecule has 1 N–H and O–H groups in total. The Bertz CT molecular complexity index is 532. The number of fused-ring (bicyclic) bond motifs is 2. The smallest absolute Gasteiger partial charge is 0.122 e. The third kappa shape index (κ3) is 1.47. The number of aliphatic hydroxyl groups excluding tert-OH is 1. The lowest BCUT2D eigenvalue weighted by Gasteiger charge is -2.10. The molecular weight excluding hydrogens is 218 g/mol. The van der Waals surface area contributed by atoms with E-state index in [0.29, 0.717) is 0 Å². The standard InChI is InChI=1S/C13H13NOS/c1-8-14-12-11(16-8)7-6-9-4-2-3-5-10(9)13(12)15/h2-5,13,15H,6-7H2,1H3. The Labute approximate surface area is 98.6 Å². The van der Waals surface area contributed by atoms with Gasteiger partial charge in [0.15, 0.2) is 0 Å². The van der Waals surface area contributed by atoms with Gasteiger partial charge in [-0.2, -0.15) is 0 Å². The van der Waals surface area contributed by atoms with Gasteiger partial charge < -0.3 is 5.11 Å². The molecular formula is C13H13NOS. The molecule has 0 fully saturated rings. The minimum atomic E-state index is -0.543. The normalized spacial score (nSPS) is 18.8. The summed E-state index contributed by atoms with van der Waals surface area (Å²) >= 11 is 1.71. The quantitative estimate of drug-likeness (QED) is 0.756. The van der Waals surface area contributed by atoms with Crippen molar-refractivity contribution in [1.82, 2.24) is 4.98 Å². The highest BCUT2D eigenvalue weighted by Gasteiger charge is 2.24. The Morgan fingerprint density at radius 1 is 1.31 bits per heavy atom. The van der Waals surface area contributed by atoms with E-state index in [-0.39, 0.29) is 0 Å². The largest absolute Gasteiger partial charge is 0.382 e. The summed E-state index contributed by atoms with van der Waals surface area (Å²) in [5, 5.41) is 11.4. The lowest BCUT2D eigenvalue weighted by Crippen LogP contribution is -2.02. The van der Waals surface area contributed by atoms with Crippen LogP contribution in [0.4, 0.5) is 0 Å². The fourth-order valence-electron chi connectivity index (χ4n) is 2.30. The van der Waals surface area contributed by atoms with Gasteiger partial charge in [-0.15, -0.1) is 11.3 Å². The molecule has 0 radical (unpaired) electrons. The van der Waals surface area contributed by atoms with Crippen molar-refractivity contribution >= 4 is 11.3 Å². The number of benzene rings is 1. The monoisotopic (exact) mass is 231 g/mol. The van der Waals surface area contributed by atoms with E-state index in [4.69, 9.17) is 0 Å². The van der Waals surface area contributed by atoms with Crippen molar-refractivity contribution < 1.29 is 5.11 Å². The number of nitrogens with zero attached hydrogens (tertiary/aromatic N) is 1. The first-order chi connectivity index (χ1) is 7.75. The van der Waals surface area contributed by atoms with Gasteiger partial charge in [0.05, 0.1) is 10.7 Å². The van der Waals surface area contributed by atoms with Crippen LogP contribution >= 0.6 is 11.3 Å². The molecule has 1 aromatic carbocycles. The van der Waals surface area contributed by atoms with Crippen molar-refractivity contribution in [3.05, 3.63) is 51.0 Å². The van der Waals surface area contributed by atoms with Gasteiger partial charge in [0.2, 0.25) is 0 Å². The predicted octanol–water partition coefficient (Wildman–Crippen LogP) is 2.63. The molecule has 0 saturated heterocycles. The average Bonchev–Trinajstić information content (AvgIpc) is 2.62. The van der Waals surface area contributed by atoms with E-state index in [2.05, 4.69) is 11.1 Å². The van der Waals surface area contributed by atoms with Crippen molar-refractivity contribution in [3.8, 4) is 0 Å². The molecule has 1 aromatic heterocycles. The zero-order valence-electron chi connectivity index (χ0n) is 9.10. The fraction of sp³-hybridized carbons (Fsp3) is 0.308. The highest BCUT2D eigenvalue weighted by Crippen LogP contribution is 2.34. The molecule has 1 heterocycles. The van der Waals surface area contributed by atoms with Crippen LogP contribution in [0.2, 0.25) is 0 Å². The third-order valence-corrected chi connectivity index (χ3v) is 4.11. The Hall–Kier alpha value is -1.19. The van der Waals surface area contributed by atoms with Crippen molar-refractivity contribution in [2.24, 2.45) is 0 Å². The van der Waals surface area contributed by atoms with Gasteiger partial charge in [0.25, 0.3) is 0 Å². The molecule has 1 atom stereocenters. The third-order valence-electron chi connectivity index (χ3n) is 3.06. The molecule has 0 bridgehead atoms. The highest BCUT2D eigenvalue weighted by atomic mass is 32.1. The van der Waals surface area contributed by atoms with Crippen molar-refractivity contribution in [1.29, 1.82) is 0 Å². The molecule has 16 heavy (non-hydrogen) atoms. The lowest BCUT2D eigenvalue weighted by atomic mass is 10.0. The molecule has 3 heteroatoms. The molecule has 0 saturated carbocycles. The van der Waals surface area contributed by atoms with Gasteiger partial charge in [-0.1, -0.05) is 24.3 Å². The molecule has 1 unspecified atom stereocenters. The number of thiazole rings is 1. The number of aromatic nitrogens is 1. The number of hydrogen-bond acceptors (Lipinski definition) is 3. The van der Waals surface area contributed by atoms with E-state index in [9.17, 15) is 5.11 Å². The SMILES string of the molecule is Cc1nc2c(s1)CCc1ccccc1C2O. The Balaban J connectivity index is 2.16. The number of aliphatic hydroxyl groups is 1. The Morgan fingerprint density at radius 2 is 2.12 bits per heavy atom. The van der Waals surface area contributed by atoms with Crippen LogP contribution < -0.4 is 0 Å². The van der Waals surface area contributed by atoms with Gasteiger partial charge >= 0.3 is 0 Å². The van der Waals surface area contributed by atoms with Gasteiger partial charge in [0, 0.05) is 4.88 Å². The van der Waals surface area contributed by atoms with Gasteiger partial charge in [-0.25, -0.2) is 4.98 Å². The molecule has 1 aliphatic rings. The second-order valence-electron chi connectivity index (χ2n) is 4.14. The van der Waals surface area contributed by atoms with Crippen LogP contribution in [0.5, 0.6) is 0 Å². The topological polar surface area (TPSA) is 33.1 Å². The highest BCUT2D eigenvalue weighted by molar-refractivity contribution is 7.11. The van der Waals surface area contributed by atoms with Gasteiger partial charge in [-0.05, 0) is 30.9 Å². The maximum atomic E-state index is 10.4. The number of rotatable bonds is 0. The summed E-state index contributed by atoms with van der Waals surface area (Å²) in [7, 11) is 0. The molecule has 0 aliphatic heterocycles. The minimum absolute atomic E-state index is 0.543. The van der Waals surface area contributed by atoms with Crippen molar-refractivity contribution in [2.45, 2.75) is 25.9 Å². The first kappa shape index (κ1) is 10.00. The molecule has 1 aliphatic carbocycles. The summed E-state index contributed by atoms with van der Waals surface area (Å²) in [6.45, 7) is 2.00. The minimum Gasteiger partial charge on any atom is -0.382 e. The zero-order valence-corrected chi connectivity index (χ0v) is 9.92. The second kappa shape index (κ2) is 3.68. The summed E-state index contributed by atoms with van der Waals surface area (Å²) < 4.78 is 0. The van der Waals surface area contributed by atoms with Crippen LogP contribution in [0.1, 0.15) is 32.8 Å². The number of hydrogen-bond donors (Lipinski definition) is 1. The van der Waals surface area contributed by atoms with E-state index in [1.165, 1.54) is 10.4 Å². The van der Waals surface area contributed by atoms with Crippen LogP contribution in [-0.4, -0.2) is 10.1 Å². The first-order valence-corrected chi connectivity index (χ1v) is 6.29. The van der Waals surface area contributed by atoms with E-state index in [0.717, 1.165) is 29.1 Å². The molecule has 0 spiro atoms. The molecule has 2 nitrogen and oxygen atoms in total. The van der Waals surface area contributed by atoms with Gasteiger partial charge in [-0.3, -0.25) is 0 Å². The Morgan fingerprint density at radius 3 is 3.00 bits per heavy atom. The average molecular weight is 231 g/mol.